The lowest BCUT2D eigenvalue weighted by atomic mass is 10.2. The Bertz CT molecular complexity index is 1270. The van der Waals surface area contributed by atoms with Crippen molar-refractivity contribution in [1.29, 1.82) is 0 Å². The van der Waals surface area contributed by atoms with Gasteiger partial charge in [-0.25, -0.2) is 4.98 Å². The van der Waals surface area contributed by atoms with E-state index in [-0.39, 0.29) is 18.0 Å². The first kappa shape index (κ1) is 23.2. The van der Waals surface area contributed by atoms with E-state index in [1.807, 2.05) is 19.9 Å². The van der Waals surface area contributed by atoms with Crippen molar-refractivity contribution in [3.8, 4) is 0 Å². The highest BCUT2D eigenvalue weighted by Crippen LogP contribution is 2.34. The van der Waals surface area contributed by atoms with Gasteiger partial charge in [-0.1, -0.05) is 30.0 Å². The number of furan rings is 1. The third-order valence-electron chi connectivity index (χ3n) is 5.09. The molecular weight excluding hydrogens is 460 g/mol. The minimum Gasteiger partial charge on any atom is -0.467 e. The van der Waals surface area contributed by atoms with Crippen LogP contribution in [0.5, 0.6) is 0 Å². The molecule has 10 heteroatoms. The van der Waals surface area contributed by atoms with Crippen molar-refractivity contribution in [2.24, 2.45) is 0 Å². The number of hydrogen-bond donors (Lipinski definition) is 1. The lowest BCUT2D eigenvalue weighted by molar-refractivity contribution is -0.122. The number of ether oxygens (including phenoxy) is 1. The van der Waals surface area contributed by atoms with Gasteiger partial charge in [-0.3, -0.25) is 18.9 Å². The summed E-state index contributed by atoms with van der Waals surface area (Å²) in [7, 11) is 0. The summed E-state index contributed by atoms with van der Waals surface area (Å²) in [6.45, 7) is 5.93. The van der Waals surface area contributed by atoms with Crippen LogP contribution in [0.25, 0.3) is 11.7 Å². The van der Waals surface area contributed by atoms with E-state index in [0.29, 0.717) is 51.8 Å². The number of pyridine rings is 1. The number of aryl methyl sites for hydroxylation is 1. The van der Waals surface area contributed by atoms with Gasteiger partial charge in [0, 0.05) is 26.0 Å². The summed E-state index contributed by atoms with van der Waals surface area (Å²) in [5.74, 6) is 0.798. The molecule has 0 saturated carbocycles. The average molecular weight is 485 g/mol. The number of thioether (sulfide) groups is 1. The fourth-order valence-electron chi connectivity index (χ4n) is 3.43. The maximum atomic E-state index is 13.4. The van der Waals surface area contributed by atoms with Crippen LogP contribution in [0, 0.1) is 6.92 Å². The number of thiocarbonyl (C=S) groups is 1. The van der Waals surface area contributed by atoms with Gasteiger partial charge >= 0.3 is 0 Å². The molecule has 33 heavy (non-hydrogen) atoms. The summed E-state index contributed by atoms with van der Waals surface area (Å²) in [6.07, 6.45) is 5.57. The minimum atomic E-state index is -0.266. The molecule has 1 saturated heterocycles. The van der Waals surface area contributed by atoms with Crippen LogP contribution in [-0.2, 0) is 16.1 Å². The molecule has 4 rings (SSSR count). The van der Waals surface area contributed by atoms with Gasteiger partial charge < -0.3 is 14.5 Å². The zero-order chi connectivity index (χ0) is 23.4. The predicted octanol–water partition coefficient (Wildman–Crippen LogP) is 3.84. The molecule has 1 N–H and O–H groups in total. The Morgan fingerprint density at radius 3 is 2.91 bits per heavy atom. The summed E-state index contributed by atoms with van der Waals surface area (Å²) >= 11 is 6.57. The smallest absolute Gasteiger partial charge is 0.267 e. The summed E-state index contributed by atoms with van der Waals surface area (Å²) in [5, 5.41) is 3.25. The number of fused-ring (bicyclic) bond motifs is 1. The molecule has 0 aromatic carbocycles. The van der Waals surface area contributed by atoms with Crippen LogP contribution in [-0.4, -0.2) is 44.3 Å². The molecule has 1 aliphatic heterocycles. The first-order chi connectivity index (χ1) is 16.0. The molecule has 4 heterocycles. The van der Waals surface area contributed by atoms with Crippen LogP contribution in [0.15, 0.2) is 50.8 Å². The molecule has 172 valence electrons. The van der Waals surface area contributed by atoms with E-state index in [2.05, 4.69) is 5.32 Å². The Morgan fingerprint density at radius 1 is 1.30 bits per heavy atom. The minimum absolute atomic E-state index is 0.242. The van der Waals surface area contributed by atoms with Crippen LogP contribution in [0.4, 0.5) is 5.82 Å². The average Bonchev–Trinajstić information content (AvgIpc) is 3.40. The SMILES string of the molecule is CCOCCCNc1nc2c(C)cccn2c(=O)c1/C=C1\SC(=S)N(Cc2ccco2)C1=O. The van der Waals surface area contributed by atoms with E-state index in [1.54, 1.807) is 36.7 Å². The molecule has 0 atom stereocenters. The molecule has 8 nitrogen and oxygen atoms in total. The number of hydrogen-bond acceptors (Lipinski definition) is 8. The third kappa shape index (κ3) is 5.02. The highest BCUT2D eigenvalue weighted by atomic mass is 32.2. The first-order valence-electron chi connectivity index (χ1n) is 10.6. The van der Waals surface area contributed by atoms with E-state index < -0.39 is 0 Å². The van der Waals surface area contributed by atoms with Gasteiger partial charge in [0.05, 0.1) is 23.3 Å². The van der Waals surface area contributed by atoms with E-state index >= 15 is 0 Å². The number of carbonyl (C=O) groups is 1. The Balaban J connectivity index is 1.69. The fourth-order valence-corrected chi connectivity index (χ4v) is 4.66. The van der Waals surface area contributed by atoms with E-state index in [4.69, 9.17) is 26.4 Å². The summed E-state index contributed by atoms with van der Waals surface area (Å²) in [4.78, 5) is 33.0. The summed E-state index contributed by atoms with van der Waals surface area (Å²) in [6, 6.07) is 7.25. The summed E-state index contributed by atoms with van der Waals surface area (Å²) < 4.78 is 12.7. The summed E-state index contributed by atoms with van der Waals surface area (Å²) in [5.41, 5.74) is 1.50. The number of carbonyl (C=O) groups excluding carboxylic acids is 1. The molecule has 0 spiro atoms. The first-order valence-corrected chi connectivity index (χ1v) is 11.8. The lowest BCUT2D eigenvalue weighted by Gasteiger charge is -2.13. The van der Waals surface area contributed by atoms with Crippen LogP contribution in [0.2, 0.25) is 0 Å². The Hall–Kier alpha value is -2.95. The van der Waals surface area contributed by atoms with E-state index in [0.717, 1.165) is 23.7 Å². The van der Waals surface area contributed by atoms with Crippen molar-refractivity contribution in [3.05, 3.63) is 68.9 Å². The Kier molecular flexibility index (Phi) is 7.26. The van der Waals surface area contributed by atoms with E-state index in [1.165, 1.54) is 9.30 Å². The molecule has 1 fully saturated rings. The Labute approximate surface area is 200 Å². The van der Waals surface area contributed by atoms with Crippen molar-refractivity contribution >= 4 is 51.7 Å². The second-order valence-electron chi connectivity index (χ2n) is 7.39. The van der Waals surface area contributed by atoms with Gasteiger partial charge in [-0.15, -0.1) is 0 Å². The molecule has 1 aliphatic rings. The van der Waals surface area contributed by atoms with Gasteiger partial charge in [0.2, 0.25) is 0 Å². The highest BCUT2D eigenvalue weighted by Gasteiger charge is 2.33. The molecule has 0 unspecified atom stereocenters. The predicted molar refractivity (Wildman–Crippen MR) is 133 cm³/mol. The zero-order valence-corrected chi connectivity index (χ0v) is 20.0. The van der Waals surface area contributed by atoms with Crippen LogP contribution >= 0.6 is 24.0 Å². The van der Waals surface area contributed by atoms with Gasteiger partial charge in [0.15, 0.2) is 0 Å². The number of amides is 1. The van der Waals surface area contributed by atoms with Crippen molar-refractivity contribution in [2.75, 3.05) is 25.1 Å². The highest BCUT2D eigenvalue weighted by molar-refractivity contribution is 8.26. The fraction of sp³-hybridized carbons (Fsp3) is 0.304. The topological polar surface area (TPSA) is 89.1 Å². The molecule has 3 aromatic rings. The largest absolute Gasteiger partial charge is 0.467 e. The number of nitrogens with one attached hydrogen (secondary N) is 1. The van der Waals surface area contributed by atoms with Gasteiger partial charge in [-0.05, 0) is 50.1 Å². The molecular formula is C23H24N4O4S2. The maximum absolute atomic E-state index is 13.4. The molecule has 3 aromatic heterocycles. The van der Waals surface area contributed by atoms with Crippen molar-refractivity contribution in [1.82, 2.24) is 14.3 Å². The van der Waals surface area contributed by atoms with Gasteiger partial charge in [0.25, 0.3) is 11.5 Å². The normalized spacial score (nSPS) is 15.2. The van der Waals surface area contributed by atoms with Gasteiger partial charge in [0.1, 0.15) is 21.5 Å². The van der Waals surface area contributed by atoms with Crippen molar-refractivity contribution < 1.29 is 13.9 Å². The quantitative estimate of drug-likeness (QED) is 0.278. The number of rotatable bonds is 9. The third-order valence-corrected chi connectivity index (χ3v) is 6.47. The van der Waals surface area contributed by atoms with Gasteiger partial charge in [-0.2, -0.15) is 0 Å². The second-order valence-corrected chi connectivity index (χ2v) is 9.06. The molecule has 1 amide bonds. The van der Waals surface area contributed by atoms with E-state index in [9.17, 15) is 9.59 Å². The van der Waals surface area contributed by atoms with Crippen molar-refractivity contribution in [2.45, 2.75) is 26.8 Å². The standard InChI is InChI=1S/C23H24N4O4S2/c1-3-30-11-6-9-24-19-17(21(28)26-10-4-7-15(2)20(26)25-19)13-18-22(29)27(23(32)33-18)14-16-8-5-12-31-16/h4-5,7-8,10,12-13,24H,3,6,9,11,14H2,1-2H3/b18-13-. The van der Waals surface area contributed by atoms with Crippen LogP contribution in [0.1, 0.15) is 30.2 Å². The number of nitrogens with zero attached hydrogens (tertiary/aromatic N) is 3. The zero-order valence-electron chi connectivity index (χ0n) is 18.4. The monoisotopic (exact) mass is 484 g/mol. The second kappa shape index (κ2) is 10.3. The molecule has 0 radical (unpaired) electrons. The van der Waals surface area contributed by atoms with Crippen molar-refractivity contribution in [3.63, 3.8) is 0 Å². The molecule has 0 bridgehead atoms. The maximum Gasteiger partial charge on any atom is 0.267 e. The van der Waals surface area contributed by atoms with Crippen LogP contribution < -0.4 is 10.9 Å². The number of anilines is 1. The molecule has 0 aliphatic carbocycles. The Morgan fingerprint density at radius 2 is 2.15 bits per heavy atom. The number of aromatic nitrogens is 2. The lowest BCUT2D eigenvalue weighted by Crippen LogP contribution is -2.27. The van der Waals surface area contributed by atoms with Crippen LogP contribution in [0.3, 0.4) is 0 Å².